The van der Waals surface area contributed by atoms with Crippen LogP contribution in [0.3, 0.4) is 0 Å². The van der Waals surface area contributed by atoms with E-state index in [0.717, 1.165) is 12.0 Å². The Morgan fingerprint density at radius 3 is 2.71 bits per heavy atom. The summed E-state index contributed by atoms with van der Waals surface area (Å²) in [5, 5.41) is 18.4. The molecule has 0 saturated heterocycles. The van der Waals surface area contributed by atoms with Crippen molar-refractivity contribution in [3.05, 3.63) is 23.0 Å². The summed E-state index contributed by atoms with van der Waals surface area (Å²) in [6, 6.07) is 1.69. The highest BCUT2D eigenvalue weighted by atomic mass is 35.5. The van der Waals surface area contributed by atoms with Crippen LogP contribution in [0.4, 0.5) is 0 Å². The van der Waals surface area contributed by atoms with E-state index in [4.69, 9.17) is 21.6 Å². The third kappa shape index (κ3) is 2.47. The predicted octanol–water partition coefficient (Wildman–Crippen LogP) is 0.928. The van der Waals surface area contributed by atoms with Crippen LogP contribution in [0.2, 0.25) is 5.15 Å². The van der Waals surface area contributed by atoms with Gasteiger partial charge in [0.1, 0.15) is 5.15 Å². The van der Waals surface area contributed by atoms with Crippen molar-refractivity contribution in [2.24, 2.45) is 0 Å². The minimum atomic E-state index is -1.48. The van der Waals surface area contributed by atoms with Crippen LogP contribution in [-0.2, 0) is 0 Å². The van der Waals surface area contributed by atoms with Crippen LogP contribution in [0.25, 0.3) is 0 Å². The summed E-state index contributed by atoms with van der Waals surface area (Å²) < 4.78 is 0. The van der Waals surface area contributed by atoms with Crippen molar-refractivity contribution in [3.63, 3.8) is 0 Å². The summed E-state index contributed by atoms with van der Waals surface area (Å²) in [6.07, 6.45) is 2.31. The minimum Gasteiger partial charge on any atom is -0.423 e. The highest BCUT2D eigenvalue weighted by Crippen LogP contribution is 2.23. The van der Waals surface area contributed by atoms with E-state index in [2.05, 4.69) is 4.98 Å². The Kier molecular flexibility index (Phi) is 3.92. The highest BCUT2D eigenvalue weighted by molar-refractivity contribution is 6.58. The largest absolute Gasteiger partial charge is 0.490 e. The molecule has 0 aliphatic heterocycles. The molecule has 76 valence electrons. The second-order valence-electron chi connectivity index (χ2n) is 3.33. The first kappa shape index (κ1) is 11.5. The minimum absolute atomic E-state index is 0.272. The summed E-state index contributed by atoms with van der Waals surface area (Å²) >= 11 is 5.90. The first-order chi connectivity index (χ1) is 6.56. The number of aromatic nitrogens is 1. The average Bonchev–Trinajstić information content (AvgIpc) is 2.17. The molecule has 0 amide bonds. The lowest BCUT2D eigenvalue weighted by molar-refractivity contribution is 0.425. The molecule has 0 radical (unpaired) electrons. The van der Waals surface area contributed by atoms with Gasteiger partial charge in [0.25, 0.3) is 0 Å². The Morgan fingerprint density at radius 2 is 2.21 bits per heavy atom. The van der Waals surface area contributed by atoms with Gasteiger partial charge >= 0.3 is 7.12 Å². The van der Waals surface area contributed by atoms with E-state index in [9.17, 15) is 0 Å². The Hall–Kier alpha value is -0.575. The summed E-state index contributed by atoms with van der Waals surface area (Å²) in [4.78, 5) is 3.91. The number of hydrogen-bond acceptors (Lipinski definition) is 3. The molecular weight excluding hydrogens is 200 g/mol. The van der Waals surface area contributed by atoms with Crippen molar-refractivity contribution in [1.82, 2.24) is 4.98 Å². The van der Waals surface area contributed by atoms with E-state index < -0.39 is 7.12 Å². The number of halogens is 1. The fourth-order valence-electron chi connectivity index (χ4n) is 1.19. The standard InChI is InChI=1S/C9H13BClNO2/c1-3-6(2)8-4-7(10(13)14)5-12-9(8)11/h4-6,13-14H,3H2,1-2H3. The van der Waals surface area contributed by atoms with Crippen molar-refractivity contribution in [1.29, 1.82) is 0 Å². The van der Waals surface area contributed by atoms with Crippen LogP contribution >= 0.6 is 11.6 Å². The van der Waals surface area contributed by atoms with E-state index in [0.29, 0.717) is 10.6 Å². The molecule has 1 unspecified atom stereocenters. The summed E-state index contributed by atoms with van der Waals surface area (Å²) in [5.74, 6) is 0.272. The second kappa shape index (κ2) is 4.78. The normalized spacial score (nSPS) is 12.6. The lowest BCUT2D eigenvalue weighted by Gasteiger charge is -2.11. The van der Waals surface area contributed by atoms with Crippen molar-refractivity contribution < 1.29 is 10.0 Å². The Balaban J connectivity index is 3.08. The molecule has 1 aromatic rings. The predicted molar refractivity (Wildman–Crippen MR) is 57.8 cm³/mol. The molecule has 0 aliphatic rings. The van der Waals surface area contributed by atoms with Gasteiger partial charge in [0, 0.05) is 11.7 Å². The molecule has 0 spiro atoms. The van der Waals surface area contributed by atoms with E-state index >= 15 is 0 Å². The van der Waals surface area contributed by atoms with Crippen LogP contribution in [0, 0.1) is 0 Å². The smallest absolute Gasteiger partial charge is 0.423 e. The molecule has 5 heteroatoms. The quantitative estimate of drug-likeness (QED) is 0.580. The zero-order valence-corrected chi connectivity index (χ0v) is 8.99. The molecule has 0 saturated carbocycles. The zero-order valence-electron chi connectivity index (χ0n) is 8.24. The topological polar surface area (TPSA) is 53.4 Å². The Bertz CT molecular complexity index is 320. The molecular formula is C9H13BClNO2. The van der Waals surface area contributed by atoms with Gasteiger partial charge in [-0.1, -0.05) is 31.5 Å². The molecule has 0 fully saturated rings. The van der Waals surface area contributed by atoms with Crippen molar-refractivity contribution in [2.45, 2.75) is 26.2 Å². The van der Waals surface area contributed by atoms with Crippen LogP contribution in [-0.4, -0.2) is 22.2 Å². The first-order valence-electron chi connectivity index (χ1n) is 4.57. The second-order valence-corrected chi connectivity index (χ2v) is 3.69. The van der Waals surface area contributed by atoms with Gasteiger partial charge in [-0.2, -0.15) is 0 Å². The lowest BCUT2D eigenvalue weighted by atomic mass is 9.80. The number of hydrogen-bond donors (Lipinski definition) is 2. The van der Waals surface area contributed by atoms with Crippen molar-refractivity contribution in [2.75, 3.05) is 0 Å². The van der Waals surface area contributed by atoms with Crippen LogP contribution < -0.4 is 5.46 Å². The molecule has 2 N–H and O–H groups in total. The number of nitrogens with zero attached hydrogens (tertiary/aromatic N) is 1. The molecule has 0 bridgehead atoms. The molecule has 1 heterocycles. The Labute approximate surface area is 88.9 Å². The van der Waals surface area contributed by atoms with Gasteiger partial charge in [0.2, 0.25) is 0 Å². The number of pyridine rings is 1. The van der Waals surface area contributed by atoms with Crippen LogP contribution in [0.1, 0.15) is 31.7 Å². The summed E-state index contributed by atoms with van der Waals surface area (Å²) in [7, 11) is -1.48. The van der Waals surface area contributed by atoms with E-state index in [1.165, 1.54) is 6.20 Å². The Morgan fingerprint density at radius 1 is 1.57 bits per heavy atom. The highest BCUT2D eigenvalue weighted by Gasteiger charge is 2.16. The maximum absolute atomic E-state index is 8.97. The van der Waals surface area contributed by atoms with Crippen LogP contribution in [0.5, 0.6) is 0 Å². The van der Waals surface area contributed by atoms with Gasteiger partial charge < -0.3 is 10.0 Å². The monoisotopic (exact) mass is 213 g/mol. The molecule has 1 atom stereocenters. The third-order valence-corrected chi connectivity index (χ3v) is 2.64. The van der Waals surface area contributed by atoms with Gasteiger partial charge in [-0.25, -0.2) is 4.98 Å². The van der Waals surface area contributed by atoms with Crippen molar-refractivity contribution in [3.8, 4) is 0 Å². The number of rotatable bonds is 3. The van der Waals surface area contributed by atoms with Gasteiger partial charge in [0.15, 0.2) is 0 Å². The molecule has 0 aliphatic carbocycles. The molecule has 14 heavy (non-hydrogen) atoms. The average molecular weight is 213 g/mol. The third-order valence-electron chi connectivity index (χ3n) is 2.33. The van der Waals surface area contributed by atoms with Gasteiger partial charge in [-0.15, -0.1) is 0 Å². The fourth-order valence-corrected chi connectivity index (χ4v) is 1.48. The van der Waals surface area contributed by atoms with Gasteiger partial charge in [-0.05, 0) is 17.9 Å². The van der Waals surface area contributed by atoms with E-state index in [1.807, 2.05) is 13.8 Å². The SMILES string of the molecule is CCC(C)c1cc(B(O)O)cnc1Cl. The molecule has 1 aromatic heterocycles. The van der Waals surface area contributed by atoms with E-state index in [1.54, 1.807) is 6.07 Å². The molecule has 3 nitrogen and oxygen atoms in total. The zero-order chi connectivity index (χ0) is 10.7. The molecule has 0 aromatic carbocycles. The summed E-state index contributed by atoms with van der Waals surface area (Å²) in [6.45, 7) is 4.07. The fraction of sp³-hybridized carbons (Fsp3) is 0.444. The lowest BCUT2D eigenvalue weighted by Crippen LogP contribution is -2.30. The van der Waals surface area contributed by atoms with Crippen molar-refractivity contribution >= 4 is 24.2 Å². The van der Waals surface area contributed by atoms with E-state index in [-0.39, 0.29) is 5.92 Å². The first-order valence-corrected chi connectivity index (χ1v) is 4.95. The molecule has 1 rings (SSSR count). The maximum Gasteiger partial charge on any atom is 0.490 e. The van der Waals surface area contributed by atoms with Gasteiger partial charge in [0.05, 0.1) is 0 Å². The summed E-state index contributed by atoms with van der Waals surface area (Å²) in [5.41, 5.74) is 1.24. The van der Waals surface area contributed by atoms with Crippen LogP contribution in [0.15, 0.2) is 12.3 Å². The maximum atomic E-state index is 8.97. The van der Waals surface area contributed by atoms with Gasteiger partial charge in [-0.3, -0.25) is 0 Å².